The summed E-state index contributed by atoms with van der Waals surface area (Å²) in [5.74, 6) is 1.22. The summed E-state index contributed by atoms with van der Waals surface area (Å²) in [6.45, 7) is 5.30. The number of rotatable bonds is 6. The fraction of sp³-hybridized carbons (Fsp3) is 0.190. The largest absolute Gasteiger partial charge is 0.361 e. The van der Waals surface area contributed by atoms with Crippen molar-refractivity contribution in [3.8, 4) is 0 Å². The second-order valence-electron chi connectivity index (χ2n) is 6.18. The van der Waals surface area contributed by atoms with Gasteiger partial charge in [0, 0.05) is 27.5 Å². The third-order valence-electron chi connectivity index (χ3n) is 4.21. The zero-order valence-electron chi connectivity index (χ0n) is 15.4. The molecule has 0 spiro atoms. The minimum atomic E-state index is -0.211. The summed E-state index contributed by atoms with van der Waals surface area (Å²) in [7, 11) is 0. The Morgan fingerprint density at radius 3 is 2.59 bits per heavy atom. The number of carbonyl (C=O) groups excluding carboxylic acids is 2. The van der Waals surface area contributed by atoms with Crippen molar-refractivity contribution in [1.29, 1.82) is 0 Å². The minimum Gasteiger partial charge on any atom is -0.361 e. The van der Waals surface area contributed by atoms with Gasteiger partial charge in [0.05, 0.1) is 11.3 Å². The lowest BCUT2D eigenvalue weighted by Crippen LogP contribution is -2.13. The van der Waals surface area contributed by atoms with Crippen LogP contribution in [0.15, 0.2) is 57.9 Å². The van der Waals surface area contributed by atoms with Crippen LogP contribution in [0.25, 0.3) is 0 Å². The number of anilines is 1. The summed E-state index contributed by atoms with van der Waals surface area (Å²) >= 11 is 1.57. The van der Waals surface area contributed by atoms with Crippen LogP contribution in [-0.4, -0.2) is 16.8 Å². The standard InChI is InChI=1S/C21H20N2O3S/c1-13-19(15(3)26-23-13)12-27-20-10-5-4-9-18(20)21(25)22-17-8-6-7-16(11-17)14(2)24/h4-11H,12H2,1-3H3,(H,22,25). The molecule has 6 heteroatoms. The summed E-state index contributed by atoms with van der Waals surface area (Å²) in [6, 6.07) is 14.4. The first-order chi connectivity index (χ1) is 13.0. The molecular weight excluding hydrogens is 360 g/mol. The lowest BCUT2D eigenvalue weighted by atomic mass is 10.1. The number of aromatic nitrogens is 1. The SMILES string of the molecule is CC(=O)c1cccc(NC(=O)c2ccccc2SCc2c(C)noc2C)c1. The van der Waals surface area contributed by atoms with E-state index in [9.17, 15) is 9.59 Å². The molecule has 0 bridgehead atoms. The van der Waals surface area contributed by atoms with Gasteiger partial charge in [-0.05, 0) is 45.0 Å². The highest BCUT2D eigenvalue weighted by Crippen LogP contribution is 2.29. The maximum absolute atomic E-state index is 12.8. The van der Waals surface area contributed by atoms with E-state index in [1.807, 2.05) is 32.0 Å². The van der Waals surface area contributed by atoms with Crippen LogP contribution in [0.2, 0.25) is 0 Å². The van der Waals surface area contributed by atoms with E-state index < -0.39 is 0 Å². The molecule has 138 valence electrons. The van der Waals surface area contributed by atoms with E-state index in [1.54, 1.807) is 42.1 Å². The molecule has 0 radical (unpaired) electrons. The maximum atomic E-state index is 12.8. The summed E-state index contributed by atoms with van der Waals surface area (Å²) in [5, 5.41) is 6.84. The van der Waals surface area contributed by atoms with Crippen molar-refractivity contribution in [3.05, 3.63) is 76.7 Å². The normalized spacial score (nSPS) is 10.6. The summed E-state index contributed by atoms with van der Waals surface area (Å²) in [5.41, 5.74) is 3.65. The molecule has 0 fully saturated rings. The molecule has 0 atom stereocenters. The Labute approximate surface area is 162 Å². The monoisotopic (exact) mass is 380 g/mol. The third-order valence-corrected chi connectivity index (χ3v) is 5.31. The minimum absolute atomic E-state index is 0.0403. The highest BCUT2D eigenvalue weighted by Gasteiger charge is 2.15. The molecular formula is C21H20N2O3S. The molecule has 1 N–H and O–H groups in total. The molecule has 0 aliphatic rings. The quantitative estimate of drug-likeness (QED) is 0.479. The number of thioether (sulfide) groups is 1. The summed E-state index contributed by atoms with van der Waals surface area (Å²) < 4.78 is 5.20. The number of ketones is 1. The van der Waals surface area contributed by atoms with E-state index >= 15 is 0 Å². The Hall–Kier alpha value is -2.86. The van der Waals surface area contributed by atoms with Gasteiger partial charge >= 0.3 is 0 Å². The molecule has 1 amide bonds. The van der Waals surface area contributed by atoms with E-state index in [2.05, 4.69) is 10.5 Å². The second kappa shape index (κ2) is 8.22. The van der Waals surface area contributed by atoms with Gasteiger partial charge in [-0.2, -0.15) is 0 Å². The molecule has 0 aliphatic carbocycles. The number of nitrogens with zero attached hydrogens (tertiary/aromatic N) is 1. The van der Waals surface area contributed by atoms with Crippen LogP contribution in [0.3, 0.4) is 0 Å². The van der Waals surface area contributed by atoms with Gasteiger partial charge in [-0.25, -0.2) is 0 Å². The number of carbonyl (C=O) groups is 2. The molecule has 0 aliphatic heterocycles. The van der Waals surface area contributed by atoms with E-state index in [1.165, 1.54) is 6.92 Å². The van der Waals surface area contributed by atoms with Crippen molar-refractivity contribution in [2.24, 2.45) is 0 Å². The predicted octanol–water partition coefficient (Wildman–Crippen LogP) is 5.04. The Kier molecular flexibility index (Phi) is 5.76. The summed E-state index contributed by atoms with van der Waals surface area (Å²) in [6.07, 6.45) is 0. The fourth-order valence-corrected chi connectivity index (χ4v) is 3.86. The van der Waals surface area contributed by atoms with Gasteiger partial charge in [0.1, 0.15) is 5.76 Å². The van der Waals surface area contributed by atoms with Crippen molar-refractivity contribution in [2.75, 3.05) is 5.32 Å². The zero-order valence-corrected chi connectivity index (χ0v) is 16.2. The van der Waals surface area contributed by atoms with Crippen LogP contribution in [0, 0.1) is 13.8 Å². The highest BCUT2D eigenvalue weighted by molar-refractivity contribution is 7.98. The molecule has 3 rings (SSSR count). The number of hydrogen-bond donors (Lipinski definition) is 1. The van der Waals surface area contributed by atoms with Gasteiger partial charge in [0.2, 0.25) is 0 Å². The van der Waals surface area contributed by atoms with Gasteiger partial charge < -0.3 is 9.84 Å². The van der Waals surface area contributed by atoms with Gasteiger partial charge in [-0.15, -0.1) is 11.8 Å². The Morgan fingerprint density at radius 1 is 1.11 bits per heavy atom. The van der Waals surface area contributed by atoms with Crippen LogP contribution in [0.4, 0.5) is 5.69 Å². The Bertz CT molecular complexity index is 975. The van der Waals surface area contributed by atoms with E-state index in [0.29, 0.717) is 22.6 Å². The lowest BCUT2D eigenvalue weighted by Gasteiger charge is -2.10. The number of nitrogens with one attached hydrogen (secondary N) is 1. The molecule has 27 heavy (non-hydrogen) atoms. The Morgan fingerprint density at radius 2 is 1.89 bits per heavy atom. The maximum Gasteiger partial charge on any atom is 0.256 e. The topological polar surface area (TPSA) is 72.2 Å². The lowest BCUT2D eigenvalue weighted by molar-refractivity contribution is 0.101. The number of amides is 1. The van der Waals surface area contributed by atoms with Crippen molar-refractivity contribution in [1.82, 2.24) is 5.16 Å². The van der Waals surface area contributed by atoms with Crippen LogP contribution in [0.5, 0.6) is 0 Å². The first kappa shape index (κ1) is 18.9. The Balaban J connectivity index is 1.78. The molecule has 2 aromatic carbocycles. The summed E-state index contributed by atoms with van der Waals surface area (Å²) in [4.78, 5) is 25.2. The number of aryl methyl sites for hydroxylation is 2. The highest BCUT2D eigenvalue weighted by atomic mass is 32.2. The van der Waals surface area contributed by atoms with E-state index in [-0.39, 0.29) is 11.7 Å². The van der Waals surface area contributed by atoms with Crippen molar-refractivity contribution < 1.29 is 14.1 Å². The predicted molar refractivity (Wildman–Crippen MR) is 106 cm³/mol. The smallest absolute Gasteiger partial charge is 0.256 e. The van der Waals surface area contributed by atoms with Crippen LogP contribution < -0.4 is 5.32 Å². The van der Waals surface area contributed by atoms with Gasteiger partial charge in [-0.1, -0.05) is 29.4 Å². The molecule has 1 aromatic heterocycles. The first-order valence-electron chi connectivity index (χ1n) is 8.51. The molecule has 0 saturated carbocycles. The molecule has 3 aromatic rings. The molecule has 0 unspecified atom stereocenters. The number of Topliss-reactive ketones (excluding diaryl/α,β-unsaturated/α-hetero) is 1. The van der Waals surface area contributed by atoms with Crippen LogP contribution in [0.1, 0.15) is 44.7 Å². The third kappa shape index (κ3) is 4.46. The average Bonchev–Trinajstić information content (AvgIpc) is 2.98. The first-order valence-corrected chi connectivity index (χ1v) is 9.50. The second-order valence-corrected chi connectivity index (χ2v) is 7.20. The number of hydrogen-bond acceptors (Lipinski definition) is 5. The van der Waals surface area contributed by atoms with Crippen LogP contribution in [-0.2, 0) is 5.75 Å². The van der Waals surface area contributed by atoms with Crippen molar-refractivity contribution in [3.63, 3.8) is 0 Å². The van der Waals surface area contributed by atoms with Crippen molar-refractivity contribution >= 4 is 29.1 Å². The van der Waals surface area contributed by atoms with Crippen molar-refractivity contribution in [2.45, 2.75) is 31.4 Å². The molecule has 5 nitrogen and oxygen atoms in total. The van der Waals surface area contributed by atoms with Gasteiger partial charge in [0.25, 0.3) is 5.91 Å². The molecule has 0 saturated heterocycles. The zero-order chi connectivity index (χ0) is 19.4. The fourth-order valence-electron chi connectivity index (χ4n) is 2.65. The van der Waals surface area contributed by atoms with Gasteiger partial charge in [-0.3, -0.25) is 9.59 Å². The number of benzene rings is 2. The molecule has 1 heterocycles. The van der Waals surface area contributed by atoms with E-state index in [0.717, 1.165) is 21.9 Å². The van der Waals surface area contributed by atoms with Gasteiger partial charge in [0.15, 0.2) is 5.78 Å². The van der Waals surface area contributed by atoms with Crippen LogP contribution >= 0.6 is 11.8 Å². The van der Waals surface area contributed by atoms with E-state index in [4.69, 9.17) is 4.52 Å². The average molecular weight is 380 g/mol.